The predicted octanol–water partition coefficient (Wildman–Crippen LogP) is 2.64. The van der Waals surface area contributed by atoms with Gasteiger partial charge in [-0.1, -0.05) is 18.2 Å². The summed E-state index contributed by atoms with van der Waals surface area (Å²) < 4.78 is 14.0. The highest BCUT2D eigenvalue weighted by atomic mass is 19.1. The highest BCUT2D eigenvalue weighted by Crippen LogP contribution is 2.26. The molecule has 1 aliphatic heterocycles. The van der Waals surface area contributed by atoms with E-state index in [1.54, 1.807) is 6.92 Å². The van der Waals surface area contributed by atoms with Gasteiger partial charge in [0.05, 0.1) is 16.3 Å². The molecule has 9 nitrogen and oxygen atoms in total. The van der Waals surface area contributed by atoms with Gasteiger partial charge in [-0.05, 0) is 24.6 Å². The van der Waals surface area contributed by atoms with Gasteiger partial charge in [0, 0.05) is 18.3 Å². The first kappa shape index (κ1) is 18.8. The fraction of sp³-hybridized carbons (Fsp3) is 0.111. The van der Waals surface area contributed by atoms with Gasteiger partial charge in [0.2, 0.25) is 5.91 Å². The number of benzene rings is 2. The molecule has 0 unspecified atom stereocenters. The topological polar surface area (TPSA) is 122 Å². The minimum Gasteiger partial charge on any atom is -0.276 e. The number of para-hydroxylation sites is 1. The molecule has 1 N–H and O–H groups in total. The van der Waals surface area contributed by atoms with Crippen LogP contribution in [0.3, 0.4) is 0 Å². The third-order valence-corrected chi connectivity index (χ3v) is 4.06. The number of hydrogen-bond acceptors (Lipinski definition) is 6. The Balaban J connectivity index is 1.95. The zero-order valence-electron chi connectivity index (χ0n) is 14.5. The lowest BCUT2D eigenvalue weighted by Crippen LogP contribution is -2.58. The van der Waals surface area contributed by atoms with Crippen LogP contribution in [0.15, 0.2) is 47.5 Å². The van der Waals surface area contributed by atoms with E-state index >= 15 is 0 Å². The second-order valence-corrected chi connectivity index (χ2v) is 5.90. The van der Waals surface area contributed by atoms with E-state index in [0.717, 1.165) is 12.3 Å². The number of halogens is 1. The van der Waals surface area contributed by atoms with Crippen LogP contribution < -0.4 is 10.2 Å². The number of barbiturate groups is 1. The van der Waals surface area contributed by atoms with Gasteiger partial charge in [-0.25, -0.2) is 14.1 Å². The highest BCUT2D eigenvalue weighted by molar-refractivity contribution is 6.32. The predicted molar refractivity (Wildman–Crippen MR) is 96.9 cm³/mol. The number of hydrogen-bond donors (Lipinski definition) is 1. The highest BCUT2D eigenvalue weighted by Gasteiger charge is 2.41. The van der Waals surface area contributed by atoms with Crippen molar-refractivity contribution in [2.45, 2.75) is 6.92 Å². The molecule has 2 aromatic rings. The maximum absolute atomic E-state index is 14.0. The first-order valence-corrected chi connectivity index (χ1v) is 8.02. The fourth-order valence-electron chi connectivity index (χ4n) is 2.59. The van der Waals surface area contributed by atoms with Crippen molar-refractivity contribution < 1.29 is 23.7 Å². The average molecular weight is 384 g/mol. The maximum Gasteiger partial charge on any atom is 0.335 e. The Hall–Kier alpha value is -3.95. The number of nitrogens with one attached hydrogen (secondary N) is 1. The lowest BCUT2D eigenvalue weighted by atomic mass is 10.1. The summed E-state index contributed by atoms with van der Waals surface area (Å²) >= 11 is 0. The number of carbonyl (C=O) groups excluding carboxylic acids is 3. The van der Waals surface area contributed by atoms with Gasteiger partial charge in [-0.3, -0.25) is 30.0 Å². The summed E-state index contributed by atoms with van der Waals surface area (Å²) in [5.41, 5.74) is 0.249. The molecule has 1 saturated heterocycles. The molecule has 0 radical (unpaired) electrons. The van der Waals surface area contributed by atoms with Crippen molar-refractivity contribution in [1.29, 1.82) is 0 Å². The fourth-order valence-corrected chi connectivity index (χ4v) is 2.59. The molecule has 1 aliphatic rings. The minimum absolute atomic E-state index is 0.184. The summed E-state index contributed by atoms with van der Waals surface area (Å²) in [4.78, 5) is 51.6. The molecule has 4 amide bonds. The van der Waals surface area contributed by atoms with Crippen LogP contribution in [0.25, 0.3) is 0 Å². The third-order valence-electron chi connectivity index (χ3n) is 4.06. The number of nitro groups is 1. The Morgan fingerprint density at radius 1 is 1.21 bits per heavy atom. The molecule has 0 aliphatic carbocycles. The van der Waals surface area contributed by atoms with Crippen LogP contribution >= 0.6 is 0 Å². The standard InChI is InChI=1S/C18H13FN4O5/c1-10-6-7-11(23(27)28)8-14(10)20-9-12-16(24)21-18(26)22(17(12)25)15-5-3-2-4-13(15)19/h2-9,12H,1H3,(H,21,24,26)/t12-/m0/s1. The molecule has 1 heterocycles. The van der Waals surface area contributed by atoms with Crippen molar-refractivity contribution in [2.24, 2.45) is 10.9 Å². The van der Waals surface area contributed by atoms with Crippen LogP contribution in [-0.2, 0) is 9.59 Å². The van der Waals surface area contributed by atoms with E-state index < -0.39 is 34.5 Å². The summed E-state index contributed by atoms with van der Waals surface area (Å²) in [6.07, 6.45) is 0.976. The summed E-state index contributed by atoms with van der Waals surface area (Å²) in [5, 5.41) is 12.9. The lowest BCUT2D eigenvalue weighted by Gasteiger charge is -2.28. The normalized spacial score (nSPS) is 17.1. The number of urea groups is 1. The molecule has 142 valence electrons. The second-order valence-electron chi connectivity index (χ2n) is 5.90. The van der Waals surface area contributed by atoms with Gasteiger partial charge in [-0.2, -0.15) is 0 Å². The average Bonchev–Trinajstić information content (AvgIpc) is 2.64. The number of imide groups is 2. The molecule has 0 saturated carbocycles. The molecule has 10 heteroatoms. The number of amides is 4. The number of carbonyl (C=O) groups is 3. The summed E-state index contributed by atoms with van der Waals surface area (Å²) in [5.74, 6) is -4.22. The van der Waals surface area contributed by atoms with Gasteiger partial charge >= 0.3 is 6.03 Å². The second kappa shape index (κ2) is 7.35. The molecule has 28 heavy (non-hydrogen) atoms. The Kier molecular flexibility index (Phi) is 4.94. The third kappa shape index (κ3) is 3.47. The van der Waals surface area contributed by atoms with Gasteiger partial charge in [-0.15, -0.1) is 0 Å². The molecule has 0 aromatic heterocycles. The Bertz CT molecular complexity index is 1040. The first-order valence-electron chi connectivity index (χ1n) is 8.02. The largest absolute Gasteiger partial charge is 0.335 e. The monoisotopic (exact) mass is 384 g/mol. The van der Waals surface area contributed by atoms with Crippen LogP contribution in [0.2, 0.25) is 0 Å². The number of nitro benzene ring substituents is 1. The molecule has 1 fully saturated rings. The van der Waals surface area contributed by atoms with Gasteiger partial charge in [0.15, 0.2) is 5.92 Å². The number of rotatable bonds is 4. The molecule has 1 atom stereocenters. The van der Waals surface area contributed by atoms with Crippen molar-refractivity contribution in [1.82, 2.24) is 5.32 Å². The van der Waals surface area contributed by atoms with E-state index in [-0.39, 0.29) is 17.1 Å². The molecular weight excluding hydrogens is 371 g/mol. The summed E-state index contributed by atoms with van der Waals surface area (Å²) in [6, 6.07) is 8.01. The number of aliphatic imine (C=N–C) groups is 1. The van der Waals surface area contributed by atoms with Crippen molar-refractivity contribution in [3.63, 3.8) is 0 Å². The van der Waals surface area contributed by atoms with Crippen LogP contribution in [-0.4, -0.2) is 29.0 Å². The number of anilines is 1. The van der Waals surface area contributed by atoms with E-state index in [4.69, 9.17) is 0 Å². The Morgan fingerprint density at radius 3 is 2.61 bits per heavy atom. The Morgan fingerprint density at radius 2 is 1.93 bits per heavy atom. The summed E-state index contributed by atoms with van der Waals surface area (Å²) in [7, 11) is 0. The zero-order valence-corrected chi connectivity index (χ0v) is 14.5. The number of aryl methyl sites for hydroxylation is 1. The van der Waals surface area contributed by atoms with Crippen molar-refractivity contribution in [3.05, 3.63) is 64.0 Å². The minimum atomic E-state index is -1.50. The van der Waals surface area contributed by atoms with Gasteiger partial charge in [0.25, 0.3) is 11.6 Å². The van der Waals surface area contributed by atoms with E-state index in [2.05, 4.69) is 4.99 Å². The van der Waals surface area contributed by atoms with E-state index in [1.807, 2.05) is 5.32 Å². The molecule has 2 aromatic carbocycles. The molecule has 3 rings (SSSR count). The lowest BCUT2D eigenvalue weighted by molar-refractivity contribution is -0.384. The quantitative estimate of drug-likeness (QED) is 0.376. The molecular formula is C18H13FN4O5. The van der Waals surface area contributed by atoms with Crippen molar-refractivity contribution in [3.8, 4) is 0 Å². The van der Waals surface area contributed by atoms with Crippen molar-refractivity contribution >= 4 is 41.1 Å². The SMILES string of the molecule is Cc1ccc([N+](=O)[O-])cc1N=C[C@H]1C(=O)NC(=O)N(c2ccccc2F)C1=O. The molecule has 0 spiro atoms. The van der Waals surface area contributed by atoms with Crippen LogP contribution in [0.1, 0.15) is 5.56 Å². The zero-order chi connectivity index (χ0) is 20.4. The first-order chi connectivity index (χ1) is 13.3. The van der Waals surface area contributed by atoms with Crippen LogP contribution in [0.5, 0.6) is 0 Å². The van der Waals surface area contributed by atoms with Gasteiger partial charge < -0.3 is 0 Å². The van der Waals surface area contributed by atoms with E-state index in [1.165, 1.54) is 36.4 Å². The van der Waals surface area contributed by atoms with Gasteiger partial charge in [0.1, 0.15) is 5.82 Å². The number of non-ortho nitro benzene ring substituents is 1. The smallest absolute Gasteiger partial charge is 0.276 e. The van der Waals surface area contributed by atoms with E-state index in [9.17, 15) is 28.9 Å². The van der Waals surface area contributed by atoms with Crippen molar-refractivity contribution in [2.75, 3.05) is 4.90 Å². The number of nitrogens with zero attached hydrogens (tertiary/aromatic N) is 3. The Labute approximate surface area is 157 Å². The van der Waals surface area contributed by atoms with Crippen LogP contribution in [0, 0.1) is 28.8 Å². The molecule has 0 bridgehead atoms. The summed E-state index contributed by atoms with van der Waals surface area (Å²) in [6.45, 7) is 1.65. The van der Waals surface area contributed by atoms with Crippen LogP contribution in [0.4, 0.5) is 26.2 Å². The van der Waals surface area contributed by atoms with E-state index in [0.29, 0.717) is 10.5 Å². The maximum atomic E-state index is 14.0.